The molecular formula is C48H29NOS. The summed E-state index contributed by atoms with van der Waals surface area (Å²) in [4.78, 5) is 2.35. The van der Waals surface area contributed by atoms with Crippen LogP contribution in [0.2, 0.25) is 0 Å². The molecule has 0 amide bonds. The highest BCUT2D eigenvalue weighted by molar-refractivity contribution is 7.25. The standard InChI is InChI=1S/C48H29NOS/c1-2-8-38-31(7-1)13-14-32-15-16-34-27-33(19-24-39(34)48(32)38)30-17-20-35(21-18-30)49(36-22-25-41-40-9-3-5-11-44(40)50-45(41)28-36)37-23-26-43-42-10-4-6-12-46(42)51-47(43)29-37/h1-29H. The smallest absolute Gasteiger partial charge is 0.137 e. The molecule has 0 spiro atoms. The SMILES string of the molecule is c1ccc2c(c1)ccc1ccc3cc(-c4ccc(N(c5ccc6c(c5)oc5ccccc56)c5ccc6c(c5)sc5ccccc56)cc4)ccc3c12. The zero-order valence-electron chi connectivity index (χ0n) is 27.5. The fourth-order valence-corrected chi connectivity index (χ4v) is 9.11. The fraction of sp³-hybridized carbons (Fsp3) is 0. The van der Waals surface area contributed by atoms with E-state index >= 15 is 0 Å². The van der Waals surface area contributed by atoms with Crippen molar-refractivity contribution in [3.8, 4) is 11.1 Å². The first-order chi connectivity index (χ1) is 25.2. The molecule has 3 heteroatoms. The highest BCUT2D eigenvalue weighted by Crippen LogP contribution is 2.43. The molecule has 0 fully saturated rings. The van der Waals surface area contributed by atoms with Crippen molar-refractivity contribution in [2.24, 2.45) is 0 Å². The van der Waals surface area contributed by atoms with Crippen molar-refractivity contribution in [1.29, 1.82) is 0 Å². The predicted molar refractivity (Wildman–Crippen MR) is 219 cm³/mol. The van der Waals surface area contributed by atoms with E-state index in [1.54, 1.807) is 0 Å². The number of furan rings is 1. The van der Waals surface area contributed by atoms with Crippen LogP contribution in [-0.2, 0) is 0 Å². The highest BCUT2D eigenvalue weighted by atomic mass is 32.1. The maximum absolute atomic E-state index is 6.36. The molecule has 11 aromatic rings. The van der Waals surface area contributed by atoms with E-state index < -0.39 is 0 Å². The Kier molecular flexibility index (Phi) is 6.16. The number of hydrogen-bond acceptors (Lipinski definition) is 3. The summed E-state index contributed by atoms with van der Waals surface area (Å²) in [5.74, 6) is 0. The lowest BCUT2D eigenvalue weighted by Gasteiger charge is -2.26. The maximum Gasteiger partial charge on any atom is 0.137 e. The van der Waals surface area contributed by atoms with Crippen LogP contribution in [0.25, 0.3) is 85.6 Å². The van der Waals surface area contributed by atoms with Gasteiger partial charge in [0.2, 0.25) is 0 Å². The molecule has 2 aromatic heterocycles. The maximum atomic E-state index is 6.36. The molecule has 0 saturated carbocycles. The summed E-state index contributed by atoms with van der Waals surface area (Å²) in [6.07, 6.45) is 0. The summed E-state index contributed by atoms with van der Waals surface area (Å²) in [5, 5.41) is 12.6. The van der Waals surface area contributed by atoms with E-state index in [-0.39, 0.29) is 0 Å². The average Bonchev–Trinajstić information content (AvgIpc) is 3.75. The van der Waals surface area contributed by atoms with Gasteiger partial charge in [-0.25, -0.2) is 0 Å². The van der Waals surface area contributed by atoms with E-state index in [0.29, 0.717) is 0 Å². The second-order valence-electron chi connectivity index (χ2n) is 13.3. The third-order valence-electron chi connectivity index (χ3n) is 10.4. The van der Waals surface area contributed by atoms with E-state index in [4.69, 9.17) is 4.42 Å². The third-order valence-corrected chi connectivity index (χ3v) is 11.6. The Morgan fingerprint density at radius 1 is 0.353 bits per heavy atom. The first-order valence-electron chi connectivity index (χ1n) is 17.3. The van der Waals surface area contributed by atoms with Gasteiger partial charge >= 0.3 is 0 Å². The molecule has 0 N–H and O–H groups in total. The van der Waals surface area contributed by atoms with E-state index in [0.717, 1.165) is 39.0 Å². The zero-order chi connectivity index (χ0) is 33.5. The van der Waals surface area contributed by atoms with Gasteiger partial charge in [0, 0.05) is 54.1 Å². The molecule has 2 heterocycles. The number of hydrogen-bond donors (Lipinski definition) is 0. The Bertz CT molecular complexity index is 3040. The molecule has 51 heavy (non-hydrogen) atoms. The van der Waals surface area contributed by atoms with Gasteiger partial charge in [-0.05, 0) is 98.0 Å². The number of para-hydroxylation sites is 1. The third kappa shape index (κ3) is 4.49. The lowest BCUT2D eigenvalue weighted by molar-refractivity contribution is 0.669. The van der Waals surface area contributed by atoms with Crippen LogP contribution in [0.15, 0.2) is 180 Å². The minimum absolute atomic E-state index is 0.884. The van der Waals surface area contributed by atoms with Crippen molar-refractivity contribution in [3.63, 3.8) is 0 Å². The molecule has 0 saturated heterocycles. The number of benzene rings is 9. The van der Waals surface area contributed by atoms with E-state index in [9.17, 15) is 0 Å². The number of nitrogens with zero attached hydrogens (tertiary/aromatic N) is 1. The average molecular weight is 668 g/mol. The minimum Gasteiger partial charge on any atom is -0.456 e. The van der Waals surface area contributed by atoms with Crippen LogP contribution in [0.1, 0.15) is 0 Å². The Hall–Kier alpha value is -6.42. The Balaban J connectivity index is 1.04. The Labute approximate surface area is 298 Å². The highest BCUT2D eigenvalue weighted by Gasteiger charge is 2.17. The van der Waals surface area contributed by atoms with Crippen LogP contribution in [0.5, 0.6) is 0 Å². The summed E-state index contributed by atoms with van der Waals surface area (Å²) in [7, 11) is 0. The van der Waals surface area contributed by atoms with Gasteiger partial charge in [-0.15, -0.1) is 11.3 Å². The molecular weight excluding hydrogens is 639 g/mol. The Morgan fingerprint density at radius 2 is 0.941 bits per heavy atom. The summed E-state index contributed by atoms with van der Waals surface area (Å²) >= 11 is 1.85. The van der Waals surface area contributed by atoms with Crippen LogP contribution in [0.3, 0.4) is 0 Å². The molecule has 0 aliphatic rings. The quantitative estimate of drug-likeness (QED) is 0.174. The summed E-state index contributed by atoms with van der Waals surface area (Å²) in [6.45, 7) is 0. The van der Waals surface area contributed by atoms with Gasteiger partial charge in [-0.3, -0.25) is 0 Å². The van der Waals surface area contributed by atoms with E-state index in [1.165, 1.54) is 63.6 Å². The molecule has 0 radical (unpaired) electrons. The lowest BCUT2D eigenvalue weighted by atomic mass is 9.94. The monoisotopic (exact) mass is 667 g/mol. The van der Waals surface area contributed by atoms with Crippen LogP contribution >= 0.6 is 11.3 Å². The lowest BCUT2D eigenvalue weighted by Crippen LogP contribution is -2.09. The number of thiophene rings is 1. The topological polar surface area (TPSA) is 16.4 Å². The minimum atomic E-state index is 0.884. The van der Waals surface area contributed by atoms with Crippen LogP contribution < -0.4 is 4.90 Å². The van der Waals surface area contributed by atoms with Crippen molar-refractivity contribution in [1.82, 2.24) is 0 Å². The van der Waals surface area contributed by atoms with Crippen LogP contribution in [0, 0.1) is 0 Å². The van der Waals surface area contributed by atoms with Crippen molar-refractivity contribution in [3.05, 3.63) is 176 Å². The van der Waals surface area contributed by atoms with Gasteiger partial charge in [0.1, 0.15) is 11.2 Å². The van der Waals surface area contributed by atoms with Crippen LogP contribution in [0.4, 0.5) is 17.1 Å². The summed E-state index contributed by atoms with van der Waals surface area (Å²) in [6, 6.07) is 63.9. The van der Waals surface area contributed by atoms with Crippen molar-refractivity contribution >= 4 is 103 Å². The largest absolute Gasteiger partial charge is 0.456 e. The Morgan fingerprint density at radius 3 is 1.82 bits per heavy atom. The fourth-order valence-electron chi connectivity index (χ4n) is 7.97. The molecule has 0 unspecified atom stereocenters. The van der Waals surface area contributed by atoms with Gasteiger partial charge < -0.3 is 9.32 Å². The predicted octanol–water partition coefficient (Wildman–Crippen LogP) is 14.6. The first-order valence-corrected chi connectivity index (χ1v) is 18.1. The summed E-state index contributed by atoms with van der Waals surface area (Å²) in [5.41, 5.74) is 7.44. The second kappa shape index (κ2) is 11.0. The molecule has 2 nitrogen and oxygen atoms in total. The number of fused-ring (bicyclic) bond motifs is 11. The van der Waals surface area contributed by atoms with Gasteiger partial charge in [-0.1, -0.05) is 115 Å². The van der Waals surface area contributed by atoms with Gasteiger partial charge in [0.25, 0.3) is 0 Å². The van der Waals surface area contributed by atoms with Gasteiger partial charge in [-0.2, -0.15) is 0 Å². The van der Waals surface area contributed by atoms with E-state index in [2.05, 4.69) is 169 Å². The molecule has 0 bridgehead atoms. The van der Waals surface area contributed by atoms with Crippen molar-refractivity contribution < 1.29 is 4.42 Å². The van der Waals surface area contributed by atoms with Crippen molar-refractivity contribution in [2.75, 3.05) is 4.90 Å². The van der Waals surface area contributed by atoms with Crippen LogP contribution in [-0.4, -0.2) is 0 Å². The zero-order valence-corrected chi connectivity index (χ0v) is 28.3. The molecule has 0 aliphatic carbocycles. The first kappa shape index (κ1) is 28.4. The van der Waals surface area contributed by atoms with Gasteiger partial charge in [0.15, 0.2) is 0 Å². The molecule has 11 rings (SSSR count). The van der Waals surface area contributed by atoms with E-state index in [1.807, 2.05) is 23.5 Å². The van der Waals surface area contributed by atoms with Crippen molar-refractivity contribution in [2.45, 2.75) is 0 Å². The molecule has 238 valence electrons. The van der Waals surface area contributed by atoms with Gasteiger partial charge in [0.05, 0.1) is 0 Å². The number of anilines is 3. The molecule has 0 aliphatic heterocycles. The second-order valence-corrected chi connectivity index (χ2v) is 14.4. The summed E-state index contributed by atoms with van der Waals surface area (Å²) < 4.78 is 8.94. The molecule has 0 atom stereocenters. The normalized spacial score (nSPS) is 11.9. The number of rotatable bonds is 4. The molecule has 9 aromatic carbocycles.